The van der Waals surface area contributed by atoms with Gasteiger partial charge in [-0.15, -0.1) is 0 Å². The van der Waals surface area contributed by atoms with Gasteiger partial charge in [-0.05, 0) is 45.4 Å². The fourth-order valence-corrected chi connectivity index (χ4v) is 1.02. The van der Waals surface area contributed by atoms with Crippen molar-refractivity contribution in [2.75, 3.05) is 0 Å². The molecule has 0 aromatic rings. The van der Waals surface area contributed by atoms with Crippen LogP contribution in [0.5, 0.6) is 0 Å². The van der Waals surface area contributed by atoms with Gasteiger partial charge >= 0.3 is 0 Å². The van der Waals surface area contributed by atoms with E-state index < -0.39 is 0 Å². The Labute approximate surface area is 81.8 Å². The van der Waals surface area contributed by atoms with Crippen LogP contribution in [0.4, 0.5) is 0 Å². The van der Waals surface area contributed by atoms with Gasteiger partial charge in [0.25, 0.3) is 0 Å². The van der Waals surface area contributed by atoms with Crippen LogP contribution in [0, 0.1) is 0 Å². The molecular formula is C12H20O. The fourth-order valence-electron chi connectivity index (χ4n) is 1.02. The fraction of sp³-hybridized carbons (Fsp3) is 0.500. The molecule has 0 aliphatic rings. The molecule has 0 rings (SSSR count). The summed E-state index contributed by atoms with van der Waals surface area (Å²) in [5, 5.41) is 0. The molecule has 0 aliphatic carbocycles. The van der Waals surface area contributed by atoms with E-state index >= 15 is 0 Å². The van der Waals surface area contributed by atoms with Gasteiger partial charge in [0.15, 0.2) is 0 Å². The first-order valence-corrected chi connectivity index (χ1v) is 4.86. The molecule has 1 nitrogen and oxygen atoms in total. The maximum Gasteiger partial charge on any atom is 0.117 e. The lowest BCUT2D eigenvalue weighted by Crippen LogP contribution is -2.06. The van der Waals surface area contributed by atoms with Crippen molar-refractivity contribution < 1.29 is 4.74 Å². The SMILES string of the molecule is C/C=C\C(=C/C)OC(/C=C/C)CC. The monoisotopic (exact) mass is 180 g/mol. The summed E-state index contributed by atoms with van der Waals surface area (Å²) in [6, 6.07) is 0. The molecule has 0 aromatic heterocycles. The van der Waals surface area contributed by atoms with E-state index in [2.05, 4.69) is 13.0 Å². The smallest absolute Gasteiger partial charge is 0.117 e. The minimum atomic E-state index is 0.201. The summed E-state index contributed by atoms with van der Waals surface area (Å²) in [5.41, 5.74) is 0. The number of ether oxygens (including phenoxy) is 1. The second-order valence-electron chi connectivity index (χ2n) is 2.78. The second kappa shape index (κ2) is 7.66. The first-order chi connectivity index (χ1) is 6.28. The van der Waals surface area contributed by atoms with Crippen LogP contribution in [-0.4, -0.2) is 6.10 Å². The molecule has 13 heavy (non-hydrogen) atoms. The molecule has 0 radical (unpaired) electrons. The molecule has 0 saturated carbocycles. The zero-order valence-electron chi connectivity index (χ0n) is 9.08. The van der Waals surface area contributed by atoms with Crippen molar-refractivity contribution in [3.63, 3.8) is 0 Å². The van der Waals surface area contributed by atoms with Gasteiger partial charge in [0.05, 0.1) is 0 Å². The normalized spacial score (nSPS) is 15.5. The van der Waals surface area contributed by atoms with Crippen LogP contribution in [0.25, 0.3) is 0 Å². The average molecular weight is 180 g/mol. The summed E-state index contributed by atoms with van der Waals surface area (Å²) >= 11 is 0. The third kappa shape index (κ3) is 5.29. The number of allylic oxidation sites excluding steroid dienone is 4. The van der Waals surface area contributed by atoms with Gasteiger partial charge in [-0.25, -0.2) is 0 Å². The van der Waals surface area contributed by atoms with Gasteiger partial charge in [0.1, 0.15) is 11.9 Å². The maximum atomic E-state index is 5.72. The minimum absolute atomic E-state index is 0.201. The standard InChI is InChI=1S/C12H20O/c1-5-9-11(7-3)13-12(8-4)10-6-2/h5-7,9-10,12H,8H2,1-4H3/b9-5-,10-6+,11-7+. The Morgan fingerprint density at radius 1 is 1.23 bits per heavy atom. The maximum absolute atomic E-state index is 5.72. The molecule has 0 heterocycles. The molecule has 0 fully saturated rings. The van der Waals surface area contributed by atoms with Crippen molar-refractivity contribution >= 4 is 0 Å². The topological polar surface area (TPSA) is 9.23 Å². The zero-order valence-corrected chi connectivity index (χ0v) is 9.08. The van der Waals surface area contributed by atoms with Crippen LogP contribution < -0.4 is 0 Å². The van der Waals surface area contributed by atoms with E-state index in [0.29, 0.717) is 0 Å². The van der Waals surface area contributed by atoms with Gasteiger partial charge < -0.3 is 4.74 Å². The van der Waals surface area contributed by atoms with Crippen LogP contribution in [-0.2, 0) is 4.74 Å². The van der Waals surface area contributed by atoms with Gasteiger partial charge in [0.2, 0.25) is 0 Å². The van der Waals surface area contributed by atoms with Crippen molar-refractivity contribution in [2.24, 2.45) is 0 Å². The van der Waals surface area contributed by atoms with Crippen LogP contribution in [0.3, 0.4) is 0 Å². The van der Waals surface area contributed by atoms with Crippen molar-refractivity contribution in [3.05, 3.63) is 36.1 Å². The van der Waals surface area contributed by atoms with Gasteiger partial charge in [0, 0.05) is 0 Å². The van der Waals surface area contributed by atoms with Crippen molar-refractivity contribution in [1.29, 1.82) is 0 Å². The highest BCUT2D eigenvalue weighted by molar-refractivity contribution is 5.11. The van der Waals surface area contributed by atoms with Crippen LogP contribution in [0.2, 0.25) is 0 Å². The second-order valence-corrected chi connectivity index (χ2v) is 2.78. The Balaban J connectivity index is 4.20. The van der Waals surface area contributed by atoms with Gasteiger partial charge in [-0.3, -0.25) is 0 Å². The molecule has 0 N–H and O–H groups in total. The lowest BCUT2D eigenvalue weighted by atomic mass is 10.2. The first-order valence-electron chi connectivity index (χ1n) is 4.86. The Kier molecular flexibility index (Phi) is 7.08. The predicted molar refractivity (Wildman–Crippen MR) is 58.5 cm³/mol. The number of rotatable bonds is 5. The molecule has 0 amide bonds. The summed E-state index contributed by atoms with van der Waals surface area (Å²) in [6.07, 6.45) is 11.2. The number of hydrogen-bond acceptors (Lipinski definition) is 1. The lowest BCUT2D eigenvalue weighted by molar-refractivity contribution is 0.161. The van der Waals surface area contributed by atoms with Crippen molar-refractivity contribution in [1.82, 2.24) is 0 Å². The molecule has 1 heteroatoms. The molecule has 74 valence electrons. The summed E-state index contributed by atoms with van der Waals surface area (Å²) in [5.74, 6) is 0.937. The molecule has 0 bridgehead atoms. The summed E-state index contributed by atoms with van der Waals surface area (Å²) in [4.78, 5) is 0. The third-order valence-electron chi connectivity index (χ3n) is 1.71. The van der Waals surface area contributed by atoms with Crippen LogP contribution >= 0.6 is 0 Å². The third-order valence-corrected chi connectivity index (χ3v) is 1.71. The highest BCUT2D eigenvalue weighted by Crippen LogP contribution is 2.08. The van der Waals surface area contributed by atoms with E-state index in [1.807, 2.05) is 45.1 Å². The molecule has 1 atom stereocenters. The quantitative estimate of drug-likeness (QED) is 0.355. The van der Waals surface area contributed by atoms with E-state index in [0.717, 1.165) is 12.2 Å². The number of hydrogen-bond donors (Lipinski definition) is 0. The van der Waals surface area contributed by atoms with E-state index in [1.54, 1.807) is 0 Å². The van der Waals surface area contributed by atoms with E-state index in [9.17, 15) is 0 Å². The molecule has 0 aliphatic heterocycles. The highest BCUT2D eigenvalue weighted by atomic mass is 16.5. The largest absolute Gasteiger partial charge is 0.487 e. The predicted octanol–water partition coefficient (Wildman–Crippen LogP) is 3.84. The summed E-state index contributed by atoms with van der Waals surface area (Å²) in [7, 11) is 0. The Hall–Kier alpha value is -0.980. The zero-order chi connectivity index (χ0) is 10.1. The Bertz CT molecular complexity index is 199. The van der Waals surface area contributed by atoms with Crippen molar-refractivity contribution in [3.8, 4) is 0 Å². The molecule has 0 saturated heterocycles. The minimum Gasteiger partial charge on any atom is -0.487 e. The molecule has 1 unspecified atom stereocenters. The van der Waals surface area contributed by atoms with Gasteiger partial charge in [-0.2, -0.15) is 0 Å². The lowest BCUT2D eigenvalue weighted by Gasteiger charge is -2.14. The van der Waals surface area contributed by atoms with Crippen LogP contribution in [0.15, 0.2) is 36.1 Å². The van der Waals surface area contributed by atoms with Crippen molar-refractivity contribution in [2.45, 2.75) is 40.2 Å². The van der Waals surface area contributed by atoms with E-state index in [-0.39, 0.29) is 6.10 Å². The molecule has 0 aromatic carbocycles. The summed E-state index contributed by atoms with van der Waals surface area (Å²) in [6.45, 7) is 8.10. The Morgan fingerprint density at radius 3 is 2.31 bits per heavy atom. The summed E-state index contributed by atoms with van der Waals surface area (Å²) < 4.78 is 5.72. The average Bonchev–Trinajstić information content (AvgIpc) is 2.16. The first kappa shape index (κ1) is 12.0. The van der Waals surface area contributed by atoms with Gasteiger partial charge in [-0.1, -0.05) is 19.1 Å². The van der Waals surface area contributed by atoms with E-state index in [1.165, 1.54) is 0 Å². The van der Waals surface area contributed by atoms with E-state index in [4.69, 9.17) is 4.74 Å². The van der Waals surface area contributed by atoms with Crippen LogP contribution in [0.1, 0.15) is 34.1 Å². The molecular weight excluding hydrogens is 160 g/mol. The molecule has 0 spiro atoms. The Morgan fingerprint density at radius 2 is 1.92 bits per heavy atom. The highest BCUT2D eigenvalue weighted by Gasteiger charge is 2.02.